The zero-order valence-electron chi connectivity index (χ0n) is 7.43. The number of halogens is 1. The molecule has 0 unspecified atom stereocenters. The number of nitrogens with two attached hydrogens (primary N) is 1. The minimum absolute atomic E-state index is 0. The fourth-order valence-electron chi connectivity index (χ4n) is 1.14. The van der Waals surface area contributed by atoms with Crippen molar-refractivity contribution in [3.8, 4) is 0 Å². The molecule has 1 aromatic carbocycles. The van der Waals surface area contributed by atoms with Crippen molar-refractivity contribution in [3.63, 3.8) is 0 Å². The van der Waals surface area contributed by atoms with Crippen molar-refractivity contribution in [2.24, 2.45) is 0 Å². The zero-order valence-corrected chi connectivity index (χ0v) is 8.19. The van der Waals surface area contributed by atoms with Crippen molar-refractivity contribution in [3.05, 3.63) is 42.1 Å². The van der Waals surface area contributed by atoms with E-state index >= 15 is 0 Å². The van der Waals surface area contributed by atoms with E-state index in [0.29, 0.717) is 12.4 Å². The van der Waals surface area contributed by atoms with Gasteiger partial charge in [0.25, 0.3) is 12.1 Å². The predicted octanol–water partition coefficient (Wildman–Crippen LogP) is -2.40. The quantitative estimate of drug-likeness (QED) is 0.564. The molecule has 74 valence electrons. The van der Waals surface area contributed by atoms with Gasteiger partial charge in [0.15, 0.2) is 0 Å². The summed E-state index contributed by atoms with van der Waals surface area (Å²) in [4.78, 5) is 0. The molecule has 0 saturated carbocycles. The molecule has 0 saturated heterocycles. The van der Waals surface area contributed by atoms with Crippen molar-refractivity contribution >= 4 is 5.88 Å². The van der Waals surface area contributed by atoms with E-state index in [4.69, 9.17) is 10.3 Å². The smallest absolute Gasteiger partial charge is 0.293 e. The Labute approximate surface area is 87.7 Å². The molecule has 0 aliphatic rings. The fourth-order valence-corrected chi connectivity index (χ4v) is 1.14. The van der Waals surface area contributed by atoms with E-state index in [1.807, 2.05) is 30.3 Å². The monoisotopic (exact) mass is 211 g/mol. The van der Waals surface area contributed by atoms with Crippen LogP contribution in [0.5, 0.6) is 0 Å². The topological polar surface area (TPSA) is 55.9 Å². The van der Waals surface area contributed by atoms with Crippen LogP contribution in [0.15, 0.2) is 41.1 Å². The number of rotatable bonds is 2. The Balaban J connectivity index is 0.000000980. The molecule has 2 N–H and O–H groups in total. The lowest BCUT2D eigenvalue weighted by Crippen LogP contribution is -3.00. The maximum atomic E-state index is 5.38. The summed E-state index contributed by atoms with van der Waals surface area (Å²) in [7, 11) is 0. The van der Waals surface area contributed by atoms with Gasteiger partial charge in [-0.05, 0) is 4.68 Å². The highest BCUT2D eigenvalue weighted by atomic mass is 35.5. The lowest BCUT2D eigenvalue weighted by molar-refractivity contribution is -0.754. The Bertz CT molecular complexity index is 388. The van der Waals surface area contributed by atoms with Gasteiger partial charge in [0.1, 0.15) is 0 Å². The van der Waals surface area contributed by atoms with Crippen LogP contribution in [-0.4, -0.2) is 5.27 Å². The van der Waals surface area contributed by atoms with Crippen LogP contribution >= 0.6 is 0 Å². The van der Waals surface area contributed by atoms with Crippen molar-refractivity contribution < 1.29 is 21.6 Å². The van der Waals surface area contributed by atoms with Crippen LogP contribution in [0.1, 0.15) is 5.56 Å². The third kappa shape index (κ3) is 2.47. The lowest BCUT2D eigenvalue weighted by Gasteiger charge is -1.89. The van der Waals surface area contributed by atoms with Gasteiger partial charge in [-0.3, -0.25) is 4.52 Å². The number of hydrogen-bond acceptors (Lipinski definition) is 3. The SMILES string of the molecule is Nc1c[n+](Cc2ccccc2)no1.[Cl-]. The molecule has 0 amide bonds. The molecule has 0 fully saturated rings. The Hall–Kier alpha value is -1.55. The van der Waals surface area contributed by atoms with E-state index < -0.39 is 0 Å². The van der Waals surface area contributed by atoms with Gasteiger partial charge in [0.05, 0.1) is 0 Å². The van der Waals surface area contributed by atoms with Gasteiger partial charge in [-0.15, -0.1) is 0 Å². The normalized spacial score (nSPS) is 9.43. The van der Waals surface area contributed by atoms with Crippen LogP contribution in [0.4, 0.5) is 5.88 Å². The van der Waals surface area contributed by atoms with E-state index in [0.717, 1.165) is 0 Å². The minimum Gasteiger partial charge on any atom is -1.00 e. The highest BCUT2D eigenvalue weighted by Crippen LogP contribution is 1.98. The molecule has 0 spiro atoms. The van der Waals surface area contributed by atoms with Gasteiger partial charge < -0.3 is 18.1 Å². The van der Waals surface area contributed by atoms with Gasteiger partial charge in [-0.2, -0.15) is 0 Å². The number of hydrogen-bond donors (Lipinski definition) is 1. The molecule has 0 atom stereocenters. The van der Waals surface area contributed by atoms with Crippen molar-refractivity contribution in [2.45, 2.75) is 6.54 Å². The van der Waals surface area contributed by atoms with Gasteiger partial charge in [-0.25, -0.2) is 0 Å². The van der Waals surface area contributed by atoms with Gasteiger partial charge in [-0.1, -0.05) is 30.3 Å². The van der Waals surface area contributed by atoms with Crippen molar-refractivity contribution in [1.29, 1.82) is 0 Å². The number of anilines is 1. The van der Waals surface area contributed by atoms with Crippen molar-refractivity contribution in [1.82, 2.24) is 5.27 Å². The third-order valence-corrected chi connectivity index (χ3v) is 1.71. The molecule has 4 nitrogen and oxygen atoms in total. The molecule has 2 rings (SSSR count). The predicted molar refractivity (Wildman–Crippen MR) is 46.7 cm³/mol. The molecule has 0 aliphatic heterocycles. The Kier molecular flexibility index (Phi) is 3.48. The van der Waals surface area contributed by atoms with Crippen LogP contribution in [0.25, 0.3) is 0 Å². The summed E-state index contributed by atoms with van der Waals surface area (Å²) in [5, 5.41) is 3.73. The molecule has 1 aromatic heterocycles. The first kappa shape index (κ1) is 10.5. The Morgan fingerprint density at radius 2 is 2.00 bits per heavy atom. The van der Waals surface area contributed by atoms with E-state index in [1.54, 1.807) is 10.9 Å². The summed E-state index contributed by atoms with van der Waals surface area (Å²) < 4.78 is 6.38. The highest BCUT2D eigenvalue weighted by Gasteiger charge is 2.08. The second-order valence-electron chi connectivity index (χ2n) is 2.79. The maximum absolute atomic E-state index is 5.38. The highest BCUT2D eigenvalue weighted by molar-refractivity contribution is 5.14. The average molecular weight is 212 g/mol. The van der Waals surface area contributed by atoms with Crippen molar-refractivity contribution in [2.75, 3.05) is 5.73 Å². The number of aromatic nitrogens is 2. The average Bonchev–Trinajstić information content (AvgIpc) is 2.53. The third-order valence-electron chi connectivity index (χ3n) is 1.71. The second kappa shape index (κ2) is 4.62. The first-order valence-electron chi connectivity index (χ1n) is 4.00. The Morgan fingerprint density at radius 3 is 2.57 bits per heavy atom. The molecule has 0 bridgehead atoms. The molecular weight excluding hydrogens is 202 g/mol. The van der Waals surface area contributed by atoms with E-state index in [-0.39, 0.29) is 12.4 Å². The van der Waals surface area contributed by atoms with Gasteiger partial charge in [0.2, 0.25) is 11.8 Å². The summed E-state index contributed by atoms with van der Waals surface area (Å²) in [6.07, 6.45) is 1.66. The standard InChI is InChI=1S/C9H10N3O.ClH/c10-9-7-12(11-13-9)6-8-4-2-1-3-5-8;/h1-5,7H,6,10H2;1H/q+1;/p-1. The minimum atomic E-state index is 0. The maximum Gasteiger partial charge on any atom is 0.293 e. The van der Waals surface area contributed by atoms with Crippen LogP contribution in [0.3, 0.4) is 0 Å². The summed E-state index contributed by atoms with van der Waals surface area (Å²) in [6, 6.07) is 10.00. The second-order valence-corrected chi connectivity index (χ2v) is 2.79. The van der Waals surface area contributed by atoms with Gasteiger partial charge >= 0.3 is 0 Å². The largest absolute Gasteiger partial charge is 1.00 e. The zero-order chi connectivity index (χ0) is 9.10. The summed E-state index contributed by atoms with van der Waals surface area (Å²) in [5.41, 5.74) is 6.55. The Morgan fingerprint density at radius 1 is 1.29 bits per heavy atom. The fraction of sp³-hybridized carbons (Fsp3) is 0.111. The number of benzene rings is 1. The molecule has 2 aromatic rings. The first-order chi connectivity index (χ1) is 6.34. The van der Waals surface area contributed by atoms with Crippen LogP contribution in [-0.2, 0) is 6.54 Å². The van der Waals surface area contributed by atoms with Crippen LogP contribution < -0.4 is 22.8 Å². The van der Waals surface area contributed by atoms with Gasteiger partial charge in [0, 0.05) is 5.56 Å². The number of nitrogens with zero attached hydrogens (tertiary/aromatic N) is 2. The van der Waals surface area contributed by atoms with Crippen LogP contribution in [0, 0.1) is 0 Å². The van der Waals surface area contributed by atoms with Crippen LogP contribution in [0.2, 0.25) is 0 Å². The van der Waals surface area contributed by atoms with E-state index in [2.05, 4.69) is 5.27 Å². The molecule has 5 heteroatoms. The summed E-state index contributed by atoms with van der Waals surface area (Å²) in [5.74, 6) is 0.330. The number of nitrogen functional groups attached to an aromatic ring is 1. The van der Waals surface area contributed by atoms with E-state index in [1.165, 1.54) is 5.56 Å². The van der Waals surface area contributed by atoms with E-state index in [9.17, 15) is 0 Å². The summed E-state index contributed by atoms with van der Waals surface area (Å²) in [6.45, 7) is 0.682. The molecule has 1 heterocycles. The molecular formula is C9H10ClN3O. The summed E-state index contributed by atoms with van der Waals surface area (Å²) >= 11 is 0. The molecule has 0 aliphatic carbocycles. The molecule has 0 radical (unpaired) electrons. The first-order valence-corrected chi connectivity index (χ1v) is 4.00. The lowest BCUT2D eigenvalue weighted by atomic mass is 10.2. The molecule has 14 heavy (non-hydrogen) atoms.